The minimum absolute atomic E-state index is 0.0496. The number of unbranched alkanes of at least 4 members (excludes halogenated alkanes) is 14. The second-order valence-corrected chi connectivity index (χ2v) is 19.2. The standard InChI is InChI=1S/C41H73N6O12PS/c1-6-7-8-9-10-11-12-15-18-21-26-61-32-34(29-58-60(52,53)57-25-23-47(3,4)5)54-24-20-17-14-13-16-19-22-38(48)56-31-39(49)55-30-36-35(44-45-42)27-37(59-36)46-28-33(2)40(50)43-41(46)51/h28,34-37H,6-27,29-32H2,1-5H3,(H-,43,50,51,52,53)/t34?,35-,36+,37+/m0/s1. The zero-order chi connectivity index (χ0) is 44.9. The number of esters is 2. The third-order valence-electron chi connectivity index (χ3n) is 10.1. The lowest BCUT2D eigenvalue weighted by Crippen LogP contribution is -2.37. The van der Waals surface area contributed by atoms with Gasteiger partial charge in [0.25, 0.3) is 13.4 Å². The summed E-state index contributed by atoms with van der Waals surface area (Å²) in [6.07, 6.45) is 17.3. The van der Waals surface area contributed by atoms with Gasteiger partial charge >= 0.3 is 17.6 Å². The van der Waals surface area contributed by atoms with E-state index in [9.17, 15) is 28.6 Å². The summed E-state index contributed by atoms with van der Waals surface area (Å²) in [7, 11) is 1.43. The zero-order valence-electron chi connectivity index (χ0n) is 37.3. The predicted octanol–water partition coefficient (Wildman–Crippen LogP) is 6.88. The van der Waals surface area contributed by atoms with Crippen molar-refractivity contribution in [3.63, 3.8) is 0 Å². The van der Waals surface area contributed by atoms with Gasteiger partial charge in [-0.05, 0) is 37.5 Å². The van der Waals surface area contributed by atoms with Gasteiger partial charge in [0, 0.05) is 41.9 Å². The number of likely N-dealkylation sites (N-methyl/N-ethyl adjacent to an activating group) is 1. The van der Waals surface area contributed by atoms with E-state index in [4.69, 9.17) is 33.5 Å². The lowest BCUT2D eigenvalue weighted by Gasteiger charge is -2.28. The van der Waals surface area contributed by atoms with Gasteiger partial charge in [0.15, 0.2) is 6.61 Å². The summed E-state index contributed by atoms with van der Waals surface area (Å²) in [5, 5.41) is 3.69. The van der Waals surface area contributed by atoms with E-state index >= 15 is 0 Å². The third-order valence-corrected chi connectivity index (χ3v) is 12.3. The number of aromatic amines is 1. The topological polar surface area (TPSA) is 233 Å². The lowest BCUT2D eigenvalue weighted by molar-refractivity contribution is -0.870. The van der Waals surface area contributed by atoms with E-state index in [0.29, 0.717) is 35.4 Å². The van der Waals surface area contributed by atoms with Crippen molar-refractivity contribution in [3.05, 3.63) is 43.0 Å². The van der Waals surface area contributed by atoms with E-state index in [1.807, 2.05) is 21.1 Å². The van der Waals surface area contributed by atoms with Crippen molar-refractivity contribution in [2.45, 2.75) is 154 Å². The largest absolute Gasteiger partial charge is 0.756 e. The first-order valence-electron chi connectivity index (χ1n) is 22.1. The quantitative estimate of drug-likeness (QED) is 0.0138. The number of H-pyrrole nitrogens is 1. The van der Waals surface area contributed by atoms with E-state index < -0.39 is 56.0 Å². The number of ether oxygens (including phenoxy) is 4. The molecule has 5 atom stereocenters. The van der Waals surface area contributed by atoms with Crippen LogP contribution in [0.4, 0.5) is 0 Å². The maximum atomic E-state index is 12.4. The van der Waals surface area contributed by atoms with Gasteiger partial charge in [-0.25, -0.2) is 9.59 Å². The smallest absolute Gasteiger partial charge is 0.344 e. The molecule has 0 aromatic carbocycles. The molecule has 1 aliphatic rings. The Kier molecular flexibility index (Phi) is 27.8. The van der Waals surface area contributed by atoms with E-state index in [1.54, 1.807) is 11.8 Å². The molecule has 0 radical (unpaired) electrons. The summed E-state index contributed by atoms with van der Waals surface area (Å²) in [5.74, 6) is 0.307. The van der Waals surface area contributed by atoms with Crippen molar-refractivity contribution in [3.8, 4) is 0 Å². The number of azide groups is 1. The minimum Gasteiger partial charge on any atom is -0.756 e. The first-order chi connectivity index (χ1) is 29.1. The van der Waals surface area contributed by atoms with Crippen LogP contribution in [0.25, 0.3) is 10.4 Å². The number of aryl methyl sites for hydroxylation is 1. The van der Waals surface area contributed by atoms with Crippen LogP contribution in [0, 0.1) is 6.92 Å². The van der Waals surface area contributed by atoms with Gasteiger partial charge < -0.3 is 37.4 Å². The van der Waals surface area contributed by atoms with Gasteiger partial charge in [-0.2, -0.15) is 11.8 Å². The number of hydrogen-bond acceptors (Lipinski definition) is 14. The molecule has 0 amide bonds. The molecule has 2 heterocycles. The molecule has 1 aliphatic heterocycles. The maximum absolute atomic E-state index is 12.4. The zero-order valence-corrected chi connectivity index (χ0v) is 39.0. The van der Waals surface area contributed by atoms with Gasteiger partial charge in [-0.1, -0.05) is 95.5 Å². The number of phosphoric acid groups is 1. The number of hydrogen-bond donors (Lipinski definition) is 1. The van der Waals surface area contributed by atoms with Gasteiger partial charge in [0.05, 0.1) is 39.9 Å². The molecule has 0 bridgehead atoms. The van der Waals surface area contributed by atoms with Crippen LogP contribution in [0.3, 0.4) is 0 Å². The number of carbonyl (C=O) groups excluding carboxylic acids is 2. The van der Waals surface area contributed by atoms with Crippen LogP contribution >= 0.6 is 19.6 Å². The Morgan fingerprint density at radius 1 is 0.967 bits per heavy atom. The molecule has 1 saturated heterocycles. The highest BCUT2D eigenvalue weighted by Gasteiger charge is 2.37. The van der Waals surface area contributed by atoms with Gasteiger partial charge in [-0.3, -0.25) is 23.7 Å². The van der Waals surface area contributed by atoms with Crippen LogP contribution in [0.15, 0.2) is 20.9 Å². The summed E-state index contributed by atoms with van der Waals surface area (Å²) in [4.78, 5) is 65.9. The summed E-state index contributed by atoms with van der Waals surface area (Å²) in [5.41, 5.74) is 8.06. The lowest BCUT2D eigenvalue weighted by atomic mass is 10.1. The average Bonchev–Trinajstić information content (AvgIpc) is 3.60. The molecule has 1 aromatic heterocycles. The van der Waals surface area contributed by atoms with E-state index in [1.165, 1.54) is 75.5 Å². The number of nitrogens with zero attached hydrogens (tertiary/aromatic N) is 5. The normalized spacial score (nSPS) is 18.0. The fourth-order valence-electron chi connectivity index (χ4n) is 6.47. The summed E-state index contributed by atoms with van der Waals surface area (Å²) >= 11 is 1.76. The highest BCUT2D eigenvalue weighted by Crippen LogP contribution is 2.38. The molecule has 350 valence electrons. The molecular formula is C41H73N6O12PS. The molecule has 61 heavy (non-hydrogen) atoms. The van der Waals surface area contributed by atoms with Crippen LogP contribution in [0.5, 0.6) is 0 Å². The molecule has 2 unspecified atom stereocenters. The molecule has 0 saturated carbocycles. The second kappa shape index (κ2) is 31.2. The third kappa shape index (κ3) is 25.8. The highest BCUT2D eigenvalue weighted by atomic mass is 32.2. The number of nitrogens with one attached hydrogen (secondary N) is 1. The first-order valence-corrected chi connectivity index (χ1v) is 24.7. The van der Waals surface area contributed by atoms with E-state index in [-0.39, 0.29) is 38.8 Å². The van der Waals surface area contributed by atoms with E-state index in [2.05, 4.69) is 21.9 Å². The SMILES string of the molecule is CCCCCCCCCCCCSCC(COP(=O)([O-])OCC[N+](C)(C)C)OCCCCCCCCC(=O)OCC(=O)OC[C@H]1O[C@@H](n2cc(C)c(=O)[nH]c2=O)C[C@@H]1N=[N+]=[N-]. The van der Waals surface area contributed by atoms with Crippen molar-refractivity contribution >= 4 is 31.5 Å². The first kappa shape index (κ1) is 54.4. The fourth-order valence-corrected chi connectivity index (χ4v) is 8.23. The molecular weight excluding hydrogens is 832 g/mol. The van der Waals surface area contributed by atoms with Crippen molar-refractivity contribution in [1.82, 2.24) is 9.55 Å². The molecule has 1 aromatic rings. The summed E-state index contributed by atoms with van der Waals surface area (Å²) < 4.78 is 46.7. The Balaban J connectivity index is 1.61. The van der Waals surface area contributed by atoms with Crippen molar-refractivity contribution < 1.29 is 51.5 Å². The Hall–Kier alpha value is -2.73. The Labute approximate surface area is 365 Å². The van der Waals surface area contributed by atoms with Crippen LogP contribution in [0.2, 0.25) is 0 Å². The number of carbonyl (C=O) groups is 2. The molecule has 2 rings (SSSR count). The fraction of sp³-hybridized carbons (Fsp3) is 0.854. The Morgan fingerprint density at radius 3 is 2.26 bits per heavy atom. The summed E-state index contributed by atoms with van der Waals surface area (Å²) in [6.45, 7) is 3.88. The Bertz CT molecular complexity index is 1620. The van der Waals surface area contributed by atoms with Crippen LogP contribution < -0.4 is 16.1 Å². The van der Waals surface area contributed by atoms with Gasteiger partial charge in [0.1, 0.15) is 32.1 Å². The van der Waals surface area contributed by atoms with Crippen LogP contribution in [0.1, 0.15) is 134 Å². The average molecular weight is 905 g/mol. The molecule has 1 fully saturated rings. The number of phosphoric ester groups is 1. The maximum Gasteiger partial charge on any atom is 0.344 e. The molecule has 0 spiro atoms. The molecule has 18 nitrogen and oxygen atoms in total. The summed E-state index contributed by atoms with van der Waals surface area (Å²) in [6, 6.07) is -0.740. The van der Waals surface area contributed by atoms with Crippen LogP contribution in [-0.4, -0.2) is 116 Å². The van der Waals surface area contributed by atoms with Gasteiger partial charge in [-0.15, -0.1) is 0 Å². The monoisotopic (exact) mass is 904 g/mol. The molecule has 20 heteroatoms. The molecule has 1 N–H and O–H groups in total. The van der Waals surface area contributed by atoms with Crippen molar-refractivity contribution in [2.24, 2.45) is 5.11 Å². The predicted molar refractivity (Wildman–Crippen MR) is 233 cm³/mol. The Morgan fingerprint density at radius 2 is 1.61 bits per heavy atom. The van der Waals surface area contributed by atoms with Crippen molar-refractivity contribution in [1.29, 1.82) is 0 Å². The number of rotatable bonds is 36. The number of quaternary nitrogens is 1. The second-order valence-electron chi connectivity index (χ2n) is 16.7. The highest BCUT2D eigenvalue weighted by molar-refractivity contribution is 7.99. The van der Waals surface area contributed by atoms with Crippen LogP contribution in [-0.2, 0) is 42.1 Å². The van der Waals surface area contributed by atoms with Gasteiger partial charge in [0.2, 0.25) is 0 Å². The molecule has 0 aliphatic carbocycles. The van der Waals surface area contributed by atoms with Crippen molar-refractivity contribution in [2.75, 3.05) is 72.2 Å². The number of aromatic nitrogens is 2. The minimum atomic E-state index is -4.45. The van der Waals surface area contributed by atoms with E-state index in [0.717, 1.165) is 44.3 Å². The number of thioether (sulfide) groups is 1.